The molecule has 0 bridgehead atoms. The monoisotopic (exact) mass is 507 g/mol. The van der Waals surface area contributed by atoms with Gasteiger partial charge in [-0.15, -0.1) is 0 Å². The van der Waals surface area contributed by atoms with Crippen LogP contribution in [-0.4, -0.2) is 36.0 Å². The normalized spacial score (nSPS) is 13.3. The lowest BCUT2D eigenvalue weighted by atomic mass is 10.0. The van der Waals surface area contributed by atoms with Crippen LogP contribution >= 0.6 is 0 Å². The first-order chi connectivity index (χ1) is 18.5. The number of hydrogen-bond donors (Lipinski definition) is 3. The molecule has 38 heavy (non-hydrogen) atoms. The zero-order chi connectivity index (χ0) is 25.8. The number of H-pyrrole nitrogens is 2. The number of pyridine rings is 2. The molecule has 0 saturated heterocycles. The van der Waals surface area contributed by atoms with Gasteiger partial charge in [0.05, 0.1) is 17.4 Å². The van der Waals surface area contributed by atoms with Gasteiger partial charge in [-0.25, -0.2) is 13.8 Å². The van der Waals surface area contributed by atoms with Gasteiger partial charge < -0.3 is 10.3 Å². The van der Waals surface area contributed by atoms with Gasteiger partial charge in [-0.1, -0.05) is 12.1 Å². The highest BCUT2D eigenvalue weighted by atomic mass is 19.1. The molecule has 0 unspecified atom stereocenters. The molecule has 6 aromatic rings. The summed E-state index contributed by atoms with van der Waals surface area (Å²) < 4.78 is 29.7. The number of anilines is 1. The molecule has 10 heteroatoms. The Hall–Kier alpha value is -4.99. The van der Waals surface area contributed by atoms with Crippen molar-refractivity contribution < 1.29 is 13.6 Å². The predicted octanol–water partition coefficient (Wildman–Crippen LogP) is 5.86. The maximum Gasteiger partial charge on any atom is 0.227 e. The number of benzene rings is 2. The lowest BCUT2D eigenvalue weighted by Gasteiger charge is -2.07. The van der Waals surface area contributed by atoms with Crippen molar-refractivity contribution in [1.29, 1.82) is 0 Å². The number of aromatic nitrogens is 6. The van der Waals surface area contributed by atoms with Crippen molar-refractivity contribution >= 4 is 33.5 Å². The van der Waals surface area contributed by atoms with Gasteiger partial charge in [0.25, 0.3) is 0 Å². The van der Waals surface area contributed by atoms with Crippen LogP contribution in [-0.2, 0) is 4.79 Å². The number of nitrogens with one attached hydrogen (secondary N) is 3. The van der Waals surface area contributed by atoms with E-state index in [0.717, 1.165) is 12.8 Å². The summed E-state index contributed by atoms with van der Waals surface area (Å²) in [5.74, 6) is -0.487. The van der Waals surface area contributed by atoms with Gasteiger partial charge in [0.2, 0.25) is 5.91 Å². The third-order valence-electron chi connectivity index (χ3n) is 6.67. The van der Waals surface area contributed by atoms with E-state index in [4.69, 9.17) is 0 Å². The van der Waals surface area contributed by atoms with E-state index in [9.17, 15) is 9.18 Å². The van der Waals surface area contributed by atoms with E-state index in [1.54, 1.807) is 55.0 Å². The Morgan fingerprint density at radius 3 is 2.68 bits per heavy atom. The second-order valence-corrected chi connectivity index (χ2v) is 9.30. The van der Waals surface area contributed by atoms with Crippen LogP contribution in [0.5, 0.6) is 0 Å². The number of imidazole rings is 1. The molecule has 4 aromatic heterocycles. The van der Waals surface area contributed by atoms with E-state index in [1.165, 1.54) is 12.1 Å². The first-order valence-electron chi connectivity index (χ1n) is 12.1. The zero-order valence-electron chi connectivity index (χ0n) is 19.8. The largest absolute Gasteiger partial charge is 0.336 e. The first-order valence-corrected chi connectivity index (χ1v) is 12.1. The molecular formula is C28H19F2N7O. The Balaban J connectivity index is 1.32. The van der Waals surface area contributed by atoms with Gasteiger partial charge in [-0.3, -0.25) is 19.9 Å². The van der Waals surface area contributed by atoms with E-state index >= 15 is 4.39 Å². The minimum absolute atomic E-state index is 0.0307. The van der Waals surface area contributed by atoms with Crippen LogP contribution in [0.2, 0.25) is 0 Å². The van der Waals surface area contributed by atoms with Crippen molar-refractivity contribution in [2.45, 2.75) is 12.8 Å². The molecule has 0 aliphatic heterocycles. The van der Waals surface area contributed by atoms with Gasteiger partial charge in [0.1, 0.15) is 34.1 Å². The highest BCUT2D eigenvalue weighted by Gasteiger charge is 2.29. The topological polar surface area (TPSA) is 112 Å². The van der Waals surface area contributed by atoms with Crippen LogP contribution in [0.25, 0.3) is 55.8 Å². The average molecular weight is 508 g/mol. The van der Waals surface area contributed by atoms with Gasteiger partial charge in [-0.05, 0) is 54.8 Å². The molecule has 1 saturated carbocycles. The van der Waals surface area contributed by atoms with Crippen molar-refractivity contribution in [3.63, 3.8) is 0 Å². The summed E-state index contributed by atoms with van der Waals surface area (Å²) in [6.07, 6.45) is 6.54. The SMILES string of the molecule is O=C(Nc1cncc(-c2cc(F)c3[nH]nc(-c4nc5c(-c6ccccc6F)nccc5[nH]4)c3c2)c1)C1CC1. The van der Waals surface area contributed by atoms with Crippen molar-refractivity contribution in [2.75, 3.05) is 5.32 Å². The van der Waals surface area contributed by atoms with Crippen molar-refractivity contribution in [3.05, 3.63) is 78.8 Å². The molecular weight excluding hydrogens is 488 g/mol. The van der Waals surface area contributed by atoms with Gasteiger partial charge in [0, 0.05) is 34.8 Å². The molecule has 1 fully saturated rings. The molecule has 186 valence electrons. The molecule has 0 radical (unpaired) electrons. The molecule has 4 heterocycles. The Morgan fingerprint density at radius 1 is 0.974 bits per heavy atom. The number of halogens is 2. The number of carbonyl (C=O) groups is 1. The standard InChI is InChI=1S/C28H19F2N7O/c29-20-4-2-1-3-18(20)24-26-22(7-8-32-24)34-27(35-26)25-19-10-15(11-21(30)23(19)36-37-25)16-9-17(13-31-12-16)33-28(38)14-5-6-14/h1-4,7-14H,5-6H2,(H,33,38)(H,34,35)(H,36,37). The lowest BCUT2D eigenvalue weighted by molar-refractivity contribution is -0.117. The molecule has 2 aromatic carbocycles. The molecule has 0 spiro atoms. The summed E-state index contributed by atoms with van der Waals surface area (Å²) in [4.78, 5) is 28.6. The Labute approximate surface area is 214 Å². The Bertz CT molecular complexity index is 1870. The third-order valence-corrected chi connectivity index (χ3v) is 6.67. The number of aromatic amines is 2. The van der Waals surface area contributed by atoms with Crippen molar-refractivity contribution in [1.82, 2.24) is 30.1 Å². The van der Waals surface area contributed by atoms with Crippen molar-refractivity contribution in [3.8, 4) is 33.9 Å². The van der Waals surface area contributed by atoms with E-state index < -0.39 is 11.6 Å². The quantitative estimate of drug-likeness (QED) is 0.271. The number of nitrogens with zero attached hydrogens (tertiary/aromatic N) is 4. The molecule has 0 atom stereocenters. The fourth-order valence-electron chi connectivity index (χ4n) is 4.58. The van der Waals surface area contributed by atoms with Crippen LogP contribution < -0.4 is 5.32 Å². The summed E-state index contributed by atoms with van der Waals surface area (Å²) in [5, 5.41) is 10.5. The minimum Gasteiger partial charge on any atom is -0.336 e. The predicted molar refractivity (Wildman–Crippen MR) is 139 cm³/mol. The number of rotatable bonds is 5. The van der Waals surface area contributed by atoms with Gasteiger partial charge in [-0.2, -0.15) is 5.10 Å². The number of amides is 1. The summed E-state index contributed by atoms with van der Waals surface area (Å²) in [5.41, 5.74) is 4.24. The lowest BCUT2D eigenvalue weighted by Crippen LogP contribution is -2.13. The Kier molecular flexibility index (Phi) is 5.00. The summed E-state index contributed by atoms with van der Waals surface area (Å²) in [6, 6.07) is 13.1. The van der Waals surface area contributed by atoms with Crippen LogP contribution in [0.4, 0.5) is 14.5 Å². The van der Waals surface area contributed by atoms with E-state index in [0.29, 0.717) is 56.0 Å². The summed E-state index contributed by atoms with van der Waals surface area (Å²) in [7, 11) is 0. The third kappa shape index (κ3) is 3.78. The average Bonchev–Trinajstić information content (AvgIpc) is 3.55. The smallest absolute Gasteiger partial charge is 0.227 e. The zero-order valence-corrected chi connectivity index (χ0v) is 19.8. The molecule has 1 aliphatic carbocycles. The molecule has 7 rings (SSSR count). The second kappa shape index (κ2) is 8.55. The highest BCUT2D eigenvalue weighted by molar-refractivity contribution is 5.98. The summed E-state index contributed by atoms with van der Waals surface area (Å²) in [6.45, 7) is 0. The van der Waals surface area contributed by atoms with Gasteiger partial charge >= 0.3 is 0 Å². The maximum atomic E-state index is 15.2. The van der Waals surface area contributed by atoms with Crippen LogP contribution in [0, 0.1) is 17.6 Å². The van der Waals surface area contributed by atoms with Crippen molar-refractivity contribution in [2.24, 2.45) is 5.92 Å². The second-order valence-electron chi connectivity index (χ2n) is 9.30. The van der Waals surface area contributed by atoms with E-state index in [-0.39, 0.29) is 17.3 Å². The molecule has 3 N–H and O–H groups in total. The van der Waals surface area contributed by atoms with E-state index in [2.05, 4.69) is 35.5 Å². The maximum absolute atomic E-state index is 15.2. The number of fused-ring (bicyclic) bond motifs is 2. The van der Waals surface area contributed by atoms with E-state index in [1.807, 2.05) is 0 Å². The van der Waals surface area contributed by atoms with Crippen LogP contribution in [0.1, 0.15) is 12.8 Å². The highest BCUT2D eigenvalue weighted by Crippen LogP contribution is 2.35. The molecule has 8 nitrogen and oxygen atoms in total. The van der Waals surface area contributed by atoms with Crippen LogP contribution in [0.3, 0.4) is 0 Å². The molecule has 1 aliphatic rings. The Morgan fingerprint density at radius 2 is 1.84 bits per heavy atom. The fraction of sp³-hybridized carbons (Fsp3) is 0.107. The number of carbonyl (C=O) groups excluding carboxylic acids is 1. The first kappa shape index (κ1) is 22.2. The van der Waals surface area contributed by atoms with Gasteiger partial charge in [0.15, 0.2) is 5.82 Å². The molecule has 1 amide bonds. The minimum atomic E-state index is -0.492. The van der Waals surface area contributed by atoms with Crippen LogP contribution in [0.15, 0.2) is 67.1 Å². The summed E-state index contributed by atoms with van der Waals surface area (Å²) >= 11 is 0. The fourth-order valence-corrected chi connectivity index (χ4v) is 4.58. The number of hydrogen-bond acceptors (Lipinski definition) is 5.